The summed E-state index contributed by atoms with van der Waals surface area (Å²) in [5, 5.41) is 20.3. The van der Waals surface area contributed by atoms with Crippen molar-refractivity contribution in [2.24, 2.45) is 0 Å². The van der Waals surface area contributed by atoms with Crippen molar-refractivity contribution < 1.29 is 29.3 Å². The van der Waals surface area contributed by atoms with Gasteiger partial charge in [-0.3, -0.25) is 23.9 Å². The van der Waals surface area contributed by atoms with Gasteiger partial charge in [0.2, 0.25) is 0 Å². The third-order valence-corrected chi connectivity index (χ3v) is 3.69. The highest BCUT2D eigenvalue weighted by Gasteiger charge is 2.50. The SMILES string of the molecule is CC(=O)OC(C(C)=O)[C@H]1O[C@@H](n2cc(C)c(=O)[nH]c2=O)[C@H](O)[C@@H]1O. The fourth-order valence-corrected chi connectivity index (χ4v) is 2.50. The lowest BCUT2D eigenvalue weighted by atomic mass is 10.0. The van der Waals surface area contributed by atoms with Crippen LogP contribution >= 0.6 is 0 Å². The molecule has 0 saturated carbocycles. The average molecular weight is 342 g/mol. The number of nitrogens with one attached hydrogen (secondary N) is 1. The molecule has 1 aliphatic heterocycles. The van der Waals surface area contributed by atoms with Crippen molar-refractivity contribution in [3.8, 4) is 0 Å². The Labute approximate surface area is 135 Å². The molecule has 0 radical (unpaired) electrons. The van der Waals surface area contributed by atoms with E-state index in [0.717, 1.165) is 18.4 Å². The molecule has 0 aromatic carbocycles. The molecular formula is C14H18N2O8. The molecule has 10 heteroatoms. The summed E-state index contributed by atoms with van der Waals surface area (Å²) in [6.45, 7) is 3.67. The lowest BCUT2D eigenvalue weighted by Gasteiger charge is -2.23. The number of rotatable bonds is 4. The van der Waals surface area contributed by atoms with Gasteiger partial charge in [-0.2, -0.15) is 0 Å². The van der Waals surface area contributed by atoms with Gasteiger partial charge >= 0.3 is 11.7 Å². The van der Waals surface area contributed by atoms with Crippen molar-refractivity contribution in [3.05, 3.63) is 32.6 Å². The van der Waals surface area contributed by atoms with E-state index in [1.54, 1.807) is 0 Å². The maximum atomic E-state index is 11.9. The van der Waals surface area contributed by atoms with Crippen LogP contribution in [-0.2, 0) is 19.1 Å². The Morgan fingerprint density at radius 2 is 1.92 bits per heavy atom. The Balaban J connectivity index is 2.38. The molecule has 2 heterocycles. The van der Waals surface area contributed by atoms with Gasteiger partial charge in [0.25, 0.3) is 5.56 Å². The number of carbonyl (C=O) groups excluding carboxylic acids is 2. The van der Waals surface area contributed by atoms with E-state index >= 15 is 0 Å². The smallest absolute Gasteiger partial charge is 0.330 e. The number of hydrogen-bond donors (Lipinski definition) is 3. The third kappa shape index (κ3) is 3.30. The zero-order valence-corrected chi connectivity index (χ0v) is 13.3. The number of nitrogens with zero attached hydrogens (tertiary/aromatic N) is 1. The Bertz CT molecular complexity index is 767. The number of aromatic amines is 1. The van der Waals surface area contributed by atoms with Crippen LogP contribution in [0.15, 0.2) is 15.8 Å². The second-order valence-electron chi connectivity index (χ2n) is 5.59. The van der Waals surface area contributed by atoms with Gasteiger partial charge in [0.05, 0.1) is 0 Å². The van der Waals surface area contributed by atoms with Crippen LogP contribution in [0.1, 0.15) is 25.6 Å². The molecule has 0 amide bonds. The number of aliphatic hydroxyl groups is 2. The maximum Gasteiger partial charge on any atom is 0.330 e. The van der Waals surface area contributed by atoms with Crippen molar-refractivity contribution in [2.45, 2.75) is 51.4 Å². The summed E-state index contributed by atoms with van der Waals surface area (Å²) >= 11 is 0. The van der Waals surface area contributed by atoms with Crippen LogP contribution in [0.3, 0.4) is 0 Å². The number of ether oxygens (including phenoxy) is 2. The van der Waals surface area contributed by atoms with E-state index in [0.29, 0.717) is 0 Å². The van der Waals surface area contributed by atoms with E-state index in [1.165, 1.54) is 13.1 Å². The van der Waals surface area contributed by atoms with E-state index in [9.17, 15) is 29.4 Å². The zero-order chi connectivity index (χ0) is 18.2. The van der Waals surface area contributed by atoms with E-state index in [1.807, 2.05) is 4.98 Å². The Kier molecular flexibility index (Phi) is 5.02. The summed E-state index contributed by atoms with van der Waals surface area (Å²) in [4.78, 5) is 48.1. The highest BCUT2D eigenvalue weighted by Crippen LogP contribution is 2.31. The summed E-state index contributed by atoms with van der Waals surface area (Å²) < 4.78 is 11.2. The fourth-order valence-electron chi connectivity index (χ4n) is 2.50. The van der Waals surface area contributed by atoms with E-state index in [-0.39, 0.29) is 5.56 Å². The van der Waals surface area contributed by atoms with Gasteiger partial charge in [-0.25, -0.2) is 4.79 Å². The van der Waals surface area contributed by atoms with Gasteiger partial charge in [0.1, 0.15) is 18.3 Å². The predicted molar refractivity (Wildman–Crippen MR) is 78.2 cm³/mol. The van der Waals surface area contributed by atoms with E-state index in [4.69, 9.17) is 9.47 Å². The van der Waals surface area contributed by atoms with Gasteiger partial charge < -0.3 is 19.7 Å². The second kappa shape index (κ2) is 6.67. The van der Waals surface area contributed by atoms with Crippen LogP contribution < -0.4 is 11.2 Å². The molecule has 1 aromatic rings. The number of aryl methyl sites for hydroxylation is 1. The molecule has 0 bridgehead atoms. The number of esters is 1. The normalized spacial score (nSPS) is 27.7. The molecule has 1 unspecified atom stereocenters. The standard InChI is InChI=1S/C14H18N2O8/c1-5-4-16(14(22)15-12(5)21)13-9(20)8(19)11(24-13)10(6(2)17)23-7(3)18/h4,8-11,13,19-20H,1-3H3,(H,15,21,22)/t8-,9+,10?,11-,13+/m0/s1. The molecule has 0 spiro atoms. The molecule has 10 nitrogen and oxygen atoms in total. The topological polar surface area (TPSA) is 148 Å². The lowest BCUT2D eigenvalue weighted by molar-refractivity contribution is -0.166. The quantitative estimate of drug-likeness (QED) is 0.531. The fraction of sp³-hybridized carbons (Fsp3) is 0.571. The molecule has 1 fully saturated rings. The number of hydrogen-bond acceptors (Lipinski definition) is 8. The van der Waals surface area contributed by atoms with Crippen molar-refractivity contribution >= 4 is 11.8 Å². The number of aromatic nitrogens is 2. The first kappa shape index (κ1) is 18.0. The van der Waals surface area contributed by atoms with Crippen LogP contribution in [-0.4, -0.2) is 55.9 Å². The van der Waals surface area contributed by atoms with Crippen LogP contribution in [0.25, 0.3) is 0 Å². The summed E-state index contributed by atoms with van der Waals surface area (Å²) in [7, 11) is 0. The number of Topliss-reactive ketones (excluding diaryl/α,β-unsaturated/α-hetero) is 1. The second-order valence-corrected chi connectivity index (χ2v) is 5.59. The molecule has 5 atom stereocenters. The molecular weight excluding hydrogens is 324 g/mol. The number of carbonyl (C=O) groups is 2. The molecule has 24 heavy (non-hydrogen) atoms. The number of ketones is 1. The first-order valence-electron chi connectivity index (χ1n) is 7.14. The van der Waals surface area contributed by atoms with Gasteiger partial charge in [0.15, 0.2) is 18.1 Å². The minimum absolute atomic E-state index is 0.187. The Morgan fingerprint density at radius 3 is 2.46 bits per heavy atom. The van der Waals surface area contributed by atoms with Gasteiger partial charge in [0, 0.05) is 18.7 Å². The summed E-state index contributed by atoms with van der Waals surface area (Å²) in [5.74, 6) is -1.35. The highest BCUT2D eigenvalue weighted by atomic mass is 16.6. The molecule has 2 rings (SSSR count). The largest absolute Gasteiger partial charge is 0.452 e. The number of aliphatic hydroxyl groups excluding tert-OH is 2. The Hall–Kier alpha value is -2.30. The summed E-state index contributed by atoms with van der Waals surface area (Å²) in [6, 6.07) is 0. The monoisotopic (exact) mass is 342 g/mol. The van der Waals surface area contributed by atoms with Crippen molar-refractivity contribution in [1.82, 2.24) is 9.55 Å². The highest BCUT2D eigenvalue weighted by molar-refractivity contribution is 5.83. The van der Waals surface area contributed by atoms with E-state index in [2.05, 4.69) is 0 Å². The van der Waals surface area contributed by atoms with Gasteiger partial charge in [-0.1, -0.05) is 0 Å². The Morgan fingerprint density at radius 1 is 1.29 bits per heavy atom. The molecule has 1 aliphatic rings. The van der Waals surface area contributed by atoms with Gasteiger partial charge in [-0.15, -0.1) is 0 Å². The van der Waals surface area contributed by atoms with Crippen molar-refractivity contribution in [3.63, 3.8) is 0 Å². The van der Waals surface area contributed by atoms with Crippen molar-refractivity contribution in [1.29, 1.82) is 0 Å². The van der Waals surface area contributed by atoms with Crippen LogP contribution in [0.2, 0.25) is 0 Å². The van der Waals surface area contributed by atoms with Crippen LogP contribution in [0.4, 0.5) is 0 Å². The molecule has 132 valence electrons. The van der Waals surface area contributed by atoms with Crippen LogP contribution in [0.5, 0.6) is 0 Å². The lowest BCUT2D eigenvalue weighted by Crippen LogP contribution is -2.44. The molecule has 3 N–H and O–H groups in total. The maximum absolute atomic E-state index is 11.9. The first-order valence-corrected chi connectivity index (χ1v) is 7.14. The van der Waals surface area contributed by atoms with Crippen LogP contribution in [0, 0.1) is 6.92 Å². The summed E-state index contributed by atoms with van der Waals surface area (Å²) in [5.41, 5.74) is -1.26. The predicted octanol–water partition coefficient (Wildman–Crippen LogP) is -2.02. The first-order chi connectivity index (χ1) is 11.1. The third-order valence-electron chi connectivity index (χ3n) is 3.69. The molecule has 1 aromatic heterocycles. The molecule has 0 aliphatic carbocycles. The van der Waals surface area contributed by atoms with Gasteiger partial charge in [-0.05, 0) is 13.8 Å². The van der Waals surface area contributed by atoms with E-state index < -0.39 is 53.6 Å². The zero-order valence-electron chi connectivity index (χ0n) is 13.3. The number of H-pyrrole nitrogens is 1. The minimum Gasteiger partial charge on any atom is -0.452 e. The molecule has 1 saturated heterocycles. The van der Waals surface area contributed by atoms with Crippen molar-refractivity contribution in [2.75, 3.05) is 0 Å². The average Bonchev–Trinajstić information content (AvgIpc) is 2.76. The minimum atomic E-state index is -1.58. The summed E-state index contributed by atoms with van der Waals surface area (Å²) in [6.07, 6.45) is -6.14.